The second-order valence-corrected chi connectivity index (χ2v) is 7.32. The van der Waals surface area contributed by atoms with Gasteiger partial charge in [0.25, 0.3) is 5.91 Å². The molecule has 1 aromatic heterocycles. The van der Waals surface area contributed by atoms with Crippen LogP contribution in [0.5, 0.6) is 11.5 Å². The van der Waals surface area contributed by atoms with E-state index in [1.54, 1.807) is 47.1 Å². The monoisotopic (exact) mass is 447 g/mol. The number of amides is 1. The first-order valence-electron chi connectivity index (χ1n) is 9.61. The Hall–Kier alpha value is -2.70. The molecule has 0 aliphatic carbocycles. The van der Waals surface area contributed by atoms with Crippen molar-refractivity contribution in [3.05, 3.63) is 69.3 Å². The Morgan fingerprint density at radius 3 is 2.37 bits per heavy atom. The predicted molar refractivity (Wildman–Crippen MR) is 119 cm³/mol. The van der Waals surface area contributed by atoms with Gasteiger partial charge in [-0.2, -0.15) is 5.10 Å². The number of carbonyl (C=O) groups excluding carboxylic acids is 1. The standard InChI is InChI=1S/C22H23Cl2N3O3/c1-4-29-19-10-9-15(12-20(19)30-5-2)22(28)25-21-11-14(3)27(26-21)13-16-17(23)7-6-8-18(16)24/h6-12H,4-5,13H2,1-3H3,(H,25,26,28). The van der Waals surface area contributed by atoms with Gasteiger partial charge in [-0.25, -0.2) is 0 Å². The largest absolute Gasteiger partial charge is 0.490 e. The quantitative estimate of drug-likeness (QED) is 0.488. The summed E-state index contributed by atoms with van der Waals surface area (Å²) in [5.41, 5.74) is 2.09. The van der Waals surface area contributed by atoms with E-state index in [9.17, 15) is 4.79 Å². The van der Waals surface area contributed by atoms with Gasteiger partial charge >= 0.3 is 0 Å². The molecule has 1 heterocycles. The van der Waals surface area contributed by atoms with Gasteiger partial charge in [0.15, 0.2) is 17.3 Å². The Labute approximate surface area is 185 Å². The number of nitrogens with zero attached hydrogens (tertiary/aromatic N) is 2. The van der Waals surface area contributed by atoms with Crippen LogP contribution < -0.4 is 14.8 Å². The summed E-state index contributed by atoms with van der Waals surface area (Å²) in [7, 11) is 0. The van der Waals surface area contributed by atoms with Crippen molar-refractivity contribution in [3.63, 3.8) is 0 Å². The van der Waals surface area contributed by atoms with E-state index >= 15 is 0 Å². The molecule has 0 bridgehead atoms. The summed E-state index contributed by atoms with van der Waals surface area (Å²) >= 11 is 12.5. The molecule has 158 valence electrons. The molecule has 1 amide bonds. The molecule has 2 aromatic carbocycles. The van der Waals surface area contributed by atoms with Crippen LogP contribution in [0.25, 0.3) is 0 Å². The maximum absolute atomic E-state index is 12.7. The molecule has 0 spiro atoms. The van der Waals surface area contributed by atoms with E-state index in [0.717, 1.165) is 11.3 Å². The van der Waals surface area contributed by atoms with Gasteiger partial charge in [0.05, 0.1) is 19.8 Å². The fourth-order valence-corrected chi connectivity index (χ4v) is 3.46. The SMILES string of the molecule is CCOc1ccc(C(=O)Nc2cc(C)n(Cc3c(Cl)cccc3Cl)n2)cc1OCC. The van der Waals surface area contributed by atoms with Crippen LogP contribution >= 0.6 is 23.2 Å². The van der Waals surface area contributed by atoms with E-state index in [-0.39, 0.29) is 5.91 Å². The van der Waals surface area contributed by atoms with Crippen LogP contribution in [0, 0.1) is 6.92 Å². The molecule has 6 nitrogen and oxygen atoms in total. The molecule has 0 aliphatic rings. The number of anilines is 1. The van der Waals surface area contributed by atoms with Crippen LogP contribution in [-0.4, -0.2) is 28.9 Å². The van der Waals surface area contributed by atoms with Crippen LogP contribution in [0.3, 0.4) is 0 Å². The summed E-state index contributed by atoms with van der Waals surface area (Å²) in [6.45, 7) is 7.06. The van der Waals surface area contributed by atoms with Crippen molar-refractivity contribution in [3.8, 4) is 11.5 Å². The normalized spacial score (nSPS) is 10.7. The first-order chi connectivity index (χ1) is 14.4. The smallest absolute Gasteiger partial charge is 0.257 e. The lowest BCUT2D eigenvalue weighted by Crippen LogP contribution is -2.13. The molecular weight excluding hydrogens is 425 g/mol. The molecule has 8 heteroatoms. The van der Waals surface area contributed by atoms with E-state index in [1.807, 2.05) is 20.8 Å². The number of hydrogen-bond acceptors (Lipinski definition) is 4. The second-order valence-electron chi connectivity index (χ2n) is 6.51. The van der Waals surface area contributed by atoms with Crippen molar-refractivity contribution < 1.29 is 14.3 Å². The lowest BCUT2D eigenvalue weighted by molar-refractivity contribution is 0.102. The zero-order valence-corrected chi connectivity index (χ0v) is 18.5. The van der Waals surface area contributed by atoms with Gasteiger partial charge in [-0.1, -0.05) is 29.3 Å². The Kier molecular flexibility index (Phi) is 7.24. The van der Waals surface area contributed by atoms with E-state index in [0.29, 0.717) is 52.7 Å². The number of benzene rings is 2. The Balaban J connectivity index is 1.78. The first kappa shape index (κ1) is 22.0. The molecule has 1 N–H and O–H groups in total. The number of aryl methyl sites for hydroxylation is 1. The molecule has 0 saturated carbocycles. The highest BCUT2D eigenvalue weighted by atomic mass is 35.5. The first-order valence-corrected chi connectivity index (χ1v) is 10.4. The number of aromatic nitrogens is 2. The zero-order chi connectivity index (χ0) is 21.7. The molecule has 30 heavy (non-hydrogen) atoms. The van der Waals surface area contributed by atoms with Gasteiger partial charge in [-0.3, -0.25) is 9.48 Å². The maximum Gasteiger partial charge on any atom is 0.257 e. The molecule has 0 saturated heterocycles. The maximum atomic E-state index is 12.7. The summed E-state index contributed by atoms with van der Waals surface area (Å²) in [5.74, 6) is 1.28. The molecule has 0 radical (unpaired) electrons. The molecule has 3 rings (SSSR count). The lowest BCUT2D eigenvalue weighted by Gasteiger charge is -2.12. The van der Waals surface area contributed by atoms with Crippen molar-refractivity contribution >= 4 is 34.9 Å². The van der Waals surface area contributed by atoms with Gasteiger partial charge in [-0.15, -0.1) is 0 Å². The molecule has 0 atom stereocenters. The average Bonchev–Trinajstić information content (AvgIpc) is 3.05. The average molecular weight is 448 g/mol. The fraction of sp³-hybridized carbons (Fsp3) is 0.273. The summed E-state index contributed by atoms with van der Waals surface area (Å²) in [6, 6.07) is 12.2. The predicted octanol–water partition coefficient (Wildman–Crippen LogP) is 5.60. The molecule has 0 aliphatic heterocycles. The van der Waals surface area contributed by atoms with Crippen LogP contribution in [0.2, 0.25) is 10.0 Å². The fourth-order valence-electron chi connectivity index (χ4n) is 2.95. The van der Waals surface area contributed by atoms with Crippen molar-refractivity contribution in [1.29, 1.82) is 0 Å². The van der Waals surface area contributed by atoms with E-state index < -0.39 is 0 Å². The van der Waals surface area contributed by atoms with E-state index in [4.69, 9.17) is 32.7 Å². The summed E-state index contributed by atoms with van der Waals surface area (Å²) in [5, 5.41) is 8.43. The number of rotatable bonds is 8. The number of carbonyl (C=O) groups is 1. The van der Waals surface area contributed by atoms with Gasteiger partial charge in [0.1, 0.15) is 0 Å². The summed E-state index contributed by atoms with van der Waals surface area (Å²) in [6.07, 6.45) is 0. The minimum atomic E-state index is -0.292. The van der Waals surface area contributed by atoms with Gasteiger partial charge < -0.3 is 14.8 Å². The van der Waals surface area contributed by atoms with Crippen LogP contribution in [-0.2, 0) is 6.54 Å². The van der Waals surface area contributed by atoms with Gasteiger partial charge in [-0.05, 0) is 51.1 Å². The second kappa shape index (κ2) is 9.87. The van der Waals surface area contributed by atoms with Crippen LogP contribution in [0.1, 0.15) is 35.5 Å². The molecule has 0 fully saturated rings. The minimum absolute atomic E-state index is 0.292. The number of ether oxygens (including phenoxy) is 2. The van der Waals surface area contributed by atoms with Crippen molar-refractivity contribution in [2.45, 2.75) is 27.3 Å². The Morgan fingerprint density at radius 1 is 1.03 bits per heavy atom. The van der Waals surface area contributed by atoms with Gasteiger partial charge in [0.2, 0.25) is 0 Å². The molecule has 0 unspecified atom stereocenters. The van der Waals surface area contributed by atoms with Crippen LogP contribution in [0.15, 0.2) is 42.5 Å². The number of halogens is 2. The summed E-state index contributed by atoms with van der Waals surface area (Å²) < 4.78 is 12.9. The highest BCUT2D eigenvalue weighted by Crippen LogP contribution is 2.29. The number of nitrogens with one attached hydrogen (secondary N) is 1. The highest BCUT2D eigenvalue weighted by molar-refractivity contribution is 6.35. The van der Waals surface area contributed by atoms with E-state index in [1.165, 1.54) is 0 Å². The van der Waals surface area contributed by atoms with Crippen molar-refractivity contribution in [1.82, 2.24) is 9.78 Å². The number of hydrogen-bond donors (Lipinski definition) is 1. The molecular formula is C22H23Cl2N3O3. The summed E-state index contributed by atoms with van der Waals surface area (Å²) in [4.78, 5) is 12.7. The minimum Gasteiger partial charge on any atom is -0.490 e. The van der Waals surface area contributed by atoms with Crippen molar-refractivity contribution in [2.24, 2.45) is 0 Å². The Bertz CT molecular complexity index is 1030. The third-order valence-corrected chi connectivity index (χ3v) is 5.11. The van der Waals surface area contributed by atoms with Crippen LogP contribution in [0.4, 0.5) is 5.82 Å². The van der Waals surface area contributed by atoms with E-state index in [2.05, 4.69) is 10.4 Å². The molecule has 3 aromatic rings. The third-order valence-electron chi connectivity index (χ3n) is 4.40. The zero-order valence-electron chi connectivity index (χ0n) is 17.0. The lowest BCUT2D eigenvalue weighted by atomic mass is 10.2. The van der Waals surface area contributed by atoms with Gasteiger partial charge in [0, 0.05) is 32.9 Å². The highest BCUT2D eigenvalue weighted by Gasteiger charge is 2.15. The Morgan fingerprint density at radius 2 is 1.70 bits per heavy atom. The topological polar surface area (TPSA) is 65.4 Å². The third kappa shape index (κ3) is 5.07. The van der Waals surface area contributed by atoms with Crippen molar-refractivity contribution in [2.75, 3.05) is 18.5 Å².